The normalized spacial score (nSPS) is 25.9. The fourth-order valence-corrected chi connectivity index (χ4v) is 4.48. The second kappa shape index (κ2) is 6.35. The number of fused-ring (bicyclic) bond motifs is 2. The van der Waals surface area contributed by atoms with Gasteiger partial charge in [-0.15, -0.1) is 0 Å². The molecule has 0 N–H and O–H groups in total. The summed E-state index contributed by atoms with van der Waals surface area (Å²) in [5, 5.41) is 4.41. The van der Waals surface area contributed by atoms with Crippen LogP contribution in [0, 0.1) is 29.4 Å². The van der Waals surface area contributed by atoms with Crippen LogP contribution >= 0.6 is 0 Å². The summed E-state index contributed by atoms with van der Waals surface area (Å²) in [4.78, 5) is 11.6. The van der Waals surface area contributed by atoms with Gasteiger partial charge >= 0.3 is 0 Å². The summed E-state index contributed by atoms with van der Waals surface area (Å²) in [6, 6.07) is 3.51. The molecule has 1 saturated carbocycles. The number of halogens is 2. The van der Waals surface area contributed by atoms with E-state index in [9.17, 15) is 8.78 Å². The van der Waals surface area contributed by atoms with Gasteiger partial charge in [-0.2, -0.15) is 5.10 Å². The zero-order chi connectivity index (χ0) is 19.5. The first-order chi connectivity index (χ1) is 14.2. The largest absolute Gasteiger partial charge is 0.493 e. The average molecular weight is 399 g/mol. The molecule has 9 heteroatoms. The van der Waals surface area contributed by atoms with Crippen molar-refractivity contribution in [2.24, 2.45) is 17.8 Å². The van der Waals surface area contributed by atoms with Crippen LogP contribution in [0.25, 0.3) is 11.2 Å². The van der Waals surface area contributed by atoms with E-state index in [1.54, 1.807) is 12.4 Å². The van der Waals surface area contributed by atoms with Crippen LogP contribution in [0.3, 0.4) is 0 Å². The summed E-state index contributed by atoms with van der Waals surface area (Å²) in [6.07, 6.45) is 3.55. The Balaban J connectivity index is 1.11. The molecule has 1 aliphatic carbocycles. The number of benzene rings is 1. The number of nitrogens with zero attached hydrogens (tertiary/aromatic N) is 5. The van der Waals surface area contributed by atoms with Crippen molar-refractivity contribution in [2.45, 2.75) is 6.04 Å². The van der Waals surface area contributed by atoms with Gasteiger partial charge in [-0.1, -0.05) is 0 Å². The van der Waals surface area contributed by atoms with Crippen molar-refractivity contribution < 1.29 is 18.3 Å². The molecule has 3 aromatic rings. The third kappa shape index (κ3) is 2.91. The van der Waals surface area contributed by atoms with Crippen molar-refractivity contribution in [3.63, 3.8) is 0 Å². The predicted molar refractivity (Wildman–Crippen MR) is 99.7 cm³/mol. The molecule has 2 saturated heterocycles. The standard InChI is InChI=1S/C20H19F2N5O2/c21-11-1-12(22)3-14(2-11)29-10-17-15-6-26(7-16(15)17)19-5-23-18-4-24-27(20(18)25-19)13-8-28-9-13/h1-5,13,15-17H,6-10H2/t15-,16+,17?. The first-order valence-corrected chi connectivity index (χ1v) is 9.77. The molecule has 3 atom stereocenters. The molecule has 150 valence electrons. The Morgan fingerprint density at radius 2 is 1.83 bits per heavy atom. The fourth-order valence-electron chi connectivity index (χ4n) is 4.48. The maximum absolute atomic E-state index is 13.3. The molecule has 2 aromatic heterocycles. The lowest BCUT2D eigenvalue weighted by Gasteiger charge is -2.26. The summed E-state index contributed by atoms with van der Waals surface area (Å²) in [5.41, 5.74) is 1.59. The topological polar surface area (TPSA) is 65.3 Å². The van der Waals surface area contributed by atoms with Gasteiger partial charge in [0.2, 0.25) is 0 Å². The van der Waals surface area contributed by atoms with Gasteiger partial charge in [0.1, 0.15) is 34.8 Å². The molecule has 0 bridgehead atoms. The van der Waals surface area contributed by atoms with Crippen LogP contribution in [0.5, 0.6) is 5.75 Å². The number of aromatic nitrogens is 4. The Morgan fingerprint density at radius 1 is 1.07 bits per heavy atom. The van der Waals surface area contributed by atoms with E-state index in [2.05, 4.69) is 15.0 Å². The molecule has 29 heavy (non-hydrogen) atoms. The number of hydrogen-bond donors (Lipinski definition) is 0. The second-order valence-corrected chi connectivity index (χ2v) is 8.03. The van der Waals surface area contributed by atoms with E-state index in [0.717, 1.165) is 36.1 Å². The van der Waals surface area contributed by atoms with Crippen molar-refractivity contribution >= 4 is 17.0 Å². The lowest BCUT2D eigenvalue weighted by molar-refractivity contribution is -0.0269. The summed E-state index contributed by atoms with van der Waals surface area (Å²) in [5.74, 6) is 1.29. The molecule has 1 aromatic carbocycles. The van der Waals surface area contributed by atoms with E-state index in [1.165, 1.54) is 12.1 Å². The molecular weight excluding hydrogens is 380 g/mol. The van der Waals surface area contributed by atoms with Gasteiger partial charge in [0.05, 0.1) is 32.2 Å². The third-order valence-electron chi connectivity index (χ3n) is 6.23. The minimum atomic E-state index is -0.621. The van der Waals surface area contributed by atoms with E-state index in [-0.39, 0.29) is 11.8 Å². The number of rotatable bonds is 5. The van der Waals surface area contributed by atoms with Crippen LogP contribution < -0.4 is 9.64 Å². The van der Waals surface area contributed by atoms with Gasteiger partial charge in [0, 0.05) is 37.2 Å². The predicted octanol–water partition coefficient (Wildman–Crippen LogP) is 2.44. The summed E-state index contributed by atoms with van der Waals surface area (Å²) < 4.78 is 39.3. The van der Waals surface area contributed by atoms with Crippen molar-refractivity contribution in [2.75, 3.05) is 37.8 Å². The van der Waals surface area contributed by atoms with Gasteiger partial charge in [0.25, 0.3) is 0 Å². The lowest BCUT2D eigenvalue weighted by Crippen LogP contribution is -2.31. The van der Waals surface area contributed by atoms with E-state index < -0.39 is 11.6 Å². The first kappa shape index (κ1) is 17.1. The van der Waals surface area contributed by atoms with Crippen molar-refractivity contribution in [3.8, 4) is 5.75 Å². The van der Waals surface area contributed by atoms with E-state index in [4.69, 9.17) is 14.5 Å². The van der Waals surface area contributed by atoms with E-state index >= 15 is 0 Å². The fraction of sp³-hybridized carbons (Fsp3) is 0.450. The number of piperidine rings is 1. The molecule has 3 aliphatic rings. The number of anilines is 1. The summed E-state index contributed by atoms with van der Waals surface area (Å²) in [6.45, 7) is 3.57. The van der Waals surface area contributed by atoms with Crippen molar-refractivity contribution in [1.82, 2.24) is 19.7 Å². The third-order valence-corrected chi connectivity index (χ3v) is 6.23. The maximum atomic E-state index is 13.3. The van der Waals surface area contributed by atoms with Crippen LogP contribution in [-0.2, 0) is 4.74 Å². The SMILES string of the molecule is Fc1cc(F)cc(OCC2[C@H]3CN(c4cnc5cnn(C6COC6)c5n4)C[C@@H]23)c1. The highest BCUT2D eigenvalue weighted by molar-refractivity contribution is 5.71. The highest BCUT2D eigenvalue weighted by atomic mass is 19.1. The van der Waals surface area contributed by atoms with Crippen LogP contribution in [0.4, 0.5) is 14.6 Å². The molecule has 0 spiro atoms. The van der Waals surface area contributed by atoms with Gasteiger partial charge in [-0.25, -0.2) is 23.4 Å². The smallest absolute Gasteiger partial charge is 0.179 e. The number of hydrogen-bond acceptors (Lipinski definition) is 6. The lowest BCUT2D eigenvalue weighted by atomic mass is 10.2. The quantitative estimate of drug-likeness (QED) is 0.657. The number of ether oxygens (including phenoxy) is 2. The van der Waals surface area contributed by atoms with Crippen molar-refractivity contribution in [1.29, 1.82) is 0 Å². The molecule has 4 heterocycles. The zero-order valence-corrected chi connectivity index (χ0v) is 15.5. The van der Waals surface area contributed by atoms with Crippen molar-refractivity contribution in [3.05, 3.63) is 42.2 Å². The van der Waals surface area contributed by atoms with Gasteiger partial charge in [-0.05, 0) is 11.8 Å². The van der Waals surface area contributed by atoms with Crippen LogP contribution in [0.15, 0.2) is 30.6 Å². The second-order valence-electron chi connectivity index (χ2n) is 8.03. The Morgan fingerprint density at radius 3 is 2.52 bits per heavy atom. The van der Waals surface area contributed by atoms with Gasteiger partial charge in [-0.3, -0.25) is 0 Å². The minimum Gasteiger partial charge on any atom is -0.493 e. The Bertz CT molecular complexity index is 1050. The molecule has 2 aliphatic heterocycles. The van der Waals surface area contributed by atoms with E-state index in [0.29, 0.717) is 37.6 Å². The Labute approximate surface area is 165 Å². The minimum absolute atomic E-state index is 0.234. The Kier molecular flexibility index (Phi) is 3.74. The monoisotopic (exact) mass is 399 g/mol. The van der Waals surface area contributed by atoms with Gasteiger partial charge < -0.3 is 14.4 Å². The first-order valence-electron chi connectivity index (χ1n) is 9.77. The molecular formula is C20H19F2N5O2. The van der Waals surface area contributed by atoms with Crippen LogP contribution in [0.1, 0.15) is 6.04 Å². The summed E-state index contributed by atoms with van der Waals surface area (Å²) >= 11 is 0. The highest BCUT2D eigenvalue weighted by Crippen LogP contribution is 2.52. The molecule has 0 amide bonds. The molecule has 0 radical (unpaired) electrons. The Hall–Kier alpha value is -2.81. The van der Waals surface area contributed by atoms with Crippen LogP contribution in [-0.4, -0.2) is 52.7 Å². The van der Waals surface area contributed by atoms with Gasteiger partial charge in [0.15, 0.2) is 5.65 Å². The van der Waals surface area contributed by atoms with E-state index in [1.807, 2.05) is 4.68 Å². The van der Waals surface area contributed by atoms with Crippen LogP contribution in [0.2, 0.25) is 0 Å². The molecule has 7 nitrogen and oxygen atoms in total. The molecule has 3 fully saturated rings. The average Bonchev–Trinajstić information content (AvgIpc) is 2.99. The molecule has 1 unspecified atom stereocenters. The zero-order valence-electron chi connectivity index (χ0n) is 15.5. The maximum Gasteiger partial charge on any atom is 0.179 e. The molecule has 6 rings (SSSR count). The summed E-state index contributed by atoms with van der Waals surface area (Å²) in [7, 11) is 0. The highest BCUT2D eigenvalue weighted by Gasteiger charge is 2.56.